The van der Waals surface area contributed by atoms with Gasteiger partial charge in [-0.15, -0.1) is 0 Å². The first-order valence-corrected chi connectivity index (χ1v) is 7.62. The Labute approximate surface area is 117 Å². The zero-order valence-corrected chi connectivity index (χ0v) is 12.5. The summed E-state index contributed by atoms with van der Waals surface area (Å²) in [5.74, 6) is 1.90. The monoisotopic (exact) mass is 261 g/mol. The molecule has 0 radical (unpaired) electrons. The van der Waals surface area contributed by atoms with Crippen molar-refractivity contribution in [3.63, 3.8) is 0 Å². The molecule has 1 aliphatic carbocycles. The molecule has 1 fully saturated rings. The van der Waals surface area contributed by atoms with E-state index >= 15 is 0 Å². The molecule has 19 heavy (non-hydrogen) atoms. The Hall–Kier alpha value is -1.09. The number of anilines is 1. The molecule has 1 N–H and O–H groups in total. The molecule has 3 heteroatoms. The number of hydrogen-bond donors (Lipinski definition) is 1. The number of rotatable bonds is 5. The second-order valence-corrected chi connectivity index (χ2v) is 5.71. The van der Waals surface area contributed by atoms with Gasteiger partial charge in [-0.25, -0.2) is 4.98 Å². The van der Waals surface area contributed by atoms with Crippen molar-refractivity contribution in [2.45, 2.75) is 52.1 Å². The lowest BCUT2D eigenvalue weighted by molar-refractivity contribution is 0.320. The van der Waals surface area contributed by atoms with Crippen LogP contribution in [-0.2, 0) is 6.54 Å². The summed E-state index contributed by atoms with van der Waals surface area (Å²) in [6.45, 7) is 6.35. The van der Waals surface area contributed by atoms with E-state index in [2.05, 4.69) is 49.3 Å². The molecule has 1 saturated carbocycles. The lowest BCUT2D eigenvalue weighted by Gasteiger charge is -2.37. The first kappa shape index (κ1) is 14.3. The molecule has 0 saturated heterocycles. The third-order valence-electron chi connectivity index (χ3n) is 4.27. The Balaban J connectivity index is 2.07. The maximum atomic E-state index is 4.78. The maximum absolute atomic E-state index is 4.78. The molecular formula is C16H27N3. The fourth-order valence-corrected chi connectivity index (χ4v) is 3.06. The summed E-state index contributed by atoms with van der Waals surface area (Å²) in [5.41, 5.74) is 1.13. The highest BCUT2D eigenvalue weighted by Gasteiger charge is 2.25. The van der Waals surface area contributed by atoms with Crippen molar-refractivity contribution >= 4 is 5.82 Å². The van der Waals surface area contributed by atoms with Crippen LogP contribution in [0.1, 0.15) is 45.2 Å². The minimum atomic E-state index is 0.649. The van der Waals surface area contributed by atoms with Crippen molar-refractivity contribution in [1.82, 2.24) is 10.3 Å². The SMILES string of the molecule is CCNCc1cccc(N(C)C2CCCCC2C)n1. The number of nitrogens with zero attached hydrogens (tertiary/aromatic N) is 2. The predicted molar refractivity (Wildman–Crippen MR) is 81.4 cm³/mol. The second-order valence-electron chi connectivity index (χ2n) is 5.71. The molecule has 106 valence electrons. The summed E-state index contributed by atoms with van der Waals surface area (Å²) in [5, 5.41) is 3.34. The summed E-state index contributed by atoms with van der Waals surface area (Å²) in [6.07, 6.45) is 5.40. The van der Waals surface area contributed by atoms with Crippen molar-refractivity contribution in [2.75, 3.05) is 18.5 Å². The zero-order chi connectivity index (χ0) is 13.7. The average molecular weight is 261 g/mol. The third kappa shape index (κ3) is 3.69. The van der Waals surface area contributed by atoms with Gasteiger partial charge in [0.25, 0.3) is 0 Å². The van der Waals surface area contributed by atoms with E-state index in [-0.39, 0.29) is 0 Å². The molecular weight excluding hydrogens is 234 g/mol. The summed E-state index contributed by atoms with van der Waals surface area (Å²) >= 11 is 0. The predicted octanol–water partition coefficient (Wildman–Crippen LogP) is 3.21. The van der Waals surface area contributed by atoms with E-state index in [0.717, 1.165) is 30.5 Å². The van der Waals surface area contributed by atoms with E-state index in [1.54, 1.807) is 0 Å². The molecule has 2 rings (SSSR count). The standard InChI is InChI=1S/C16H27N3/c1-4-17-12-14-9-7-11-16(18-14)19(3)15-10-6-5-8-13(15)2/h7,9,11,13,15,17H,4-6,8,10,12H2,1-3H3. The van der Waals surface area contributed by atoms with Gasteiger partial charge >= 0.3 is 0 Å². The lowest BCUT2D eigenvalue weighted by Crippen LogP contribution is -2.39. The van der Waals surface area contributed by atoms with Gasteiger partial charge in [-0.3, -0.25) is 0 Å². The van der Waals surface area contributed by atoms with E-state index in [0.29, 0.717) is 6.04 Å². The van der Waals surface area contributed by atoms with E-state index in [4.69, 9.17) is 4.98 Å². The highest BCUT2D eigenvalue weighted by molar-refractivity contribution is 5.40. The minimum Gasteiger partial charge on any atom is -0.356 e. The molecule has 0 aliphatic heterocycles. The van der Waals surface area contributed by atoms with Crippen molar-refractivity contribution in [1.29, 1.82) is 0 Å². The van der Waals surface area contributed by atoms with Gasteiger partial charge in [0.05, 0.1) is 5.69 Å². The first-order chi connectivity index (χ1) is 9.22. The van der Waals surface area contributed by atoms with Crippen LogP contribution in [0.25, 0.3) is 0 Å². The molecule has 2 unspecified atom stereocenters. The van der Waals surface area contributed by atoms with Crippen molar-refractivity contribution in [3.05, 3.63) is 23.9 Å². The van der Waals surface area contributed by atoms with Gasteiger partial charge in [0, 0.05) is 19.6 Å². The van der Waals surface area contributed by atoms with Crippen LogP contribution >= 0.6 is 0 Å². The number of nitrogens with one attached hydrogen (secondary N) is 1. The summed E-state index contributed by atoms with van der Waals surface area (Å²) in [7, 11) is 2.20. The summed E-state index contributed by atoms with van der Waals surface area (Å²) < 4.78 is 0. The van der Waals surface area contributed by atoms with Crippen molar-refractivity contribution in [2.24, 2.45) is 5.92 Å². The topological polar surface area (TPSA) is 28.2 Å². The molecule has 0 spiro atoms. The molecule has 1 aliphatic rings. The summed E-state index contributed by atoms with van der Waals surface area (Å²) in [4.78, 5) is 7.17. The molecule has 0 bridgehead atoms. The number of pyridine rings is 1. The van der Waals surface area contributed by atoms with E-state index in [1.165, 1.54) is 25.7 Å². The molecule has 3 nitrogen and oxygen atoms in total. The molecule has 1 aromatic rings. The van der Waals surface area contributed by atoms with Gasteiger partial charge in [0.1, 0.15) is 5.82 Å². The van der Waals surface area contributed by atoms with Gasteiger partial charge < -0.3 is 10.2 Å². The molecule has 1 aromatic heterocycles. The van der Waals surface area contributed by atoms with Gasteiger partial charge in [-0.05, 0) is 37.4 Å². The number of hydrogen-bond acceptors (Lipinski definition) is 3. The van der Waals surface area contributed by atoms with Crippen molar-refractivity contribution < 1.29 is 0 Å². The molecule has 0 aromatic carbocycles. The van der Waals surface area contributed by atoms with Crippen LogP contribution in [0.15, 0.2) is 18.2 Å². The Morgan fingerprint density at radius 1 is 1.32 bits per heavy atom. The van der Waals surface area contributed by atoms with E-state index in [9.17, 15) is 0 Å². The fourth-order valence-electron chi connectivity index (χ4n) is 3.06. The van der Waals surface area contributed by atoms with Crippen LogP contribution < -0.4 is 10.2 Å². The van der Waals surface area contributed by atoms with Crippen LogP contribution in [-0.4, -0.2) is 24.6 Å². The average Bonchev–Trinajstić information content (AvgIpc) is 2.45. The lowest BCUT2D eigenvalue weighted by atomic mass is 9.85. The van der Waals surface area contributed by atoms with Crippen LogP contribution in [0.4, 0.5) is 5.82 Å². The van der Waals surface area contributed by atoms with Crippen LogP contribution in [0.5, 0.6) is 0 Å². The molecule has 2 atom stereocenters. The fraction of sp³-hybridized carbons (Fsp3) is 0.688. The van der Waals surface area contributed by atoms with Crippen LogP contribution in [0, 0.1) is 5.92 Å². The largest absolute Gasteiger partial charge is 0.356 e. The van der Waals surface area contributed by atoms with Crippen molar-refractivity contribution in [3.8, 4) is 0 Å². The second kappa shape index (κ2) is 6.90. The zero-order valence-electron chi connectivity index (χ0n) is 12.5. The highest BCUT2D eigenvalue weighted by atomic mass is 15.2. The summed E-state index contributed by atoms with van der Waals surface area (Å²) in [6, 6.07) is 7.01. The van der Waals surface area contributed by atoms with Crippen LogP contribution in [0.3, 0.4) is 0 Å². The Kier molecular flexibility index (Phi) is 5.20. The molecule has 0 amide bonds. The normalized spacial score (nSPS) is 23.3. The first-order valence-electron chi connectivity index (χ1n) is 7.62. The Bertz CT molecular complexity index is 391. The third-order valence-corrected chi connectivity index (χ3v) is 4.27. The van der Waals surface area contributed by atoms with E-state index in [1.807, 2.05) is 0 Å². The highest BCUT2D eigenvalue weighted by Crippen LogP contribution is 2.29. The Morgan fingerprint density at radius 3 is 2.84 bits per heavy atom. The smallest absolute Gasteiger partial charge is 0.128 e. The van der Waals surface area contributed by atoms with Crippen LogP contribution in [0.2, 0.25) is 0 Å². The quantitative estimate of drug-likeness (QED) is 0.882. The van der Waals surface area contributed by atoms with Gasteiger partial charge in [-0.2, -0.15) is 0 Å². The van der Waals surface area contributed by atoms with Gasteiger partial charge in [0.2, 0.25) is 0 Å². The maximum Gasteiger partial charge on any atom is 0.128 e. The van der Waals surface area contributed by atoms with E-state index < -0.39 is 0 Å². The van der Waals surface area contributed by atoms with Gasteiger partial charge in [0.15, 0.2) is 0 Å². The minimum absolute atomic E-state index is 0.649. The number of aromatic nitrogens is 1. The van der Waals surface area contributed by atoms with Gasteiger partial charge in [-0.1, -0.05) is 32.8 Å². The molecule has 1 heterocycles. The Morgan fingerprint density at radius 2 is 2.11 bits per heavy atom.